The minimum Gasteiger partial charge on any atom is -0.393 e. The molecule has 1 aromatic rings. The van der Waals surface area contributed by atoms with Crippen LogP contribution >= 0.6 is 0 Å². The van der Waals surface area contributed by atoms with Gasteiger partial charge in [-0.15, -0.1) is 0 Å². The van der Waals surface area contributed by atoms with Gasteiger partial charge in [0.1, 0.15) is 0 Å². The molecule has 0 radical (unpaired) electrons. The van der Waals surface area contributed by atoms with Crippen molar-refractivity contribution in [1.29, 1.82) is 0 Å². The summed E-state index contributed by atoms with van der Waals surface area (Å²) in [6.45, 7) is 4.46. The summed E-state index contributed by atoms with van der Waals surface area (Å²) in [5.74, 6) is 0.751. The Morgan fingerprint density at radius 1 is 1.00 bits per heavy atom. The Bertz CT molecular complexity index is 266. The molecule has 1 aromatic carbocycles. The maximum absolute atomic E-state index is 9.82. The molecule has 1 unspecified atom stereocenters. The third-order valence-electron chi connectivity index (χ3n) is 2.93. The van der Waals surface area contributed by atoms with Gasteiger partial charge < -0.3 is 5.11 Å². The number of aliphatic hydroxyl groups excluding tert-OH is 1. The smallest absolute Gasteiger partial charge is 0.0543 e. The number of aryl methyl sites for hydroxylation is 1. The van der Waals surface area contributed by atoms with Crippen molar-refractivity contribution in [3.63, 3.8) is 0 Å². The fourth-order valence-corrected chi connectivity index (χ4v) is 1.88. The highest BCUT2D eigenvalue weighted by atomic mass is 16.3. The van der Waals surface area contributed by atoms with E-state index in [1.165, 1.54) is 12.0 Å². The summed E-state index contributed by atoms with van der Waals surface area (Å²) in [4.78, 5) is 0. The van der Waals surface area contributed by atoms with Crippen molar-refractivity contribution in [2.45, 2.75) is 52.1 Å². The highest BCUT2D eigenvalue weighted by Crippen LogP contribution is 2.12. The quantitative estimate of drug-likeness (QED) is 0.741. The molecule has 16 heavy (non-hydrogen) atoms. The van der Waals surface area contributed by atoms with Crippen LogP contribution in [-0.4, -0.2) is 11.2 Å². The molecule has 0 aliphatic rings. The van der Waals surface area contributed by atoms with Crippen LogP contribution in [0.3, 0.4) is 0 Å². The SMILES string of the molecule is CC(C)CCCC(O)CCc1ccccc1. The Hall–Kier alpha value is -0.820. The van der Waals surface area contributed by atoms with Crippen LogP contribution in [-0.2, 0) is 6.42 Å². The first-order valence-corrected chi connectivity index (χ1v) is 6.40. The van der Waals surface area contributed by atoms with Gasteiger partial charge in [0, 0.05) is 0 Å². The van der Waals surface area contributed by atoms with Gasteiger partial charge in [-0.25, -0.2) is 0 Å². The van der Waals surface area contributed by atoms with Crippen LogP contribution in [0.1, 0.15) is 45.1 Å². The predicted molar refractivity (Wildman–Crippen MR) is 69.5 cm³/mol. The van der Waals surface area contributed by atoms with Gasteiger partial charge in [0.15, 0.2) is 0 Å². The first-order valence-electron chi connectivity index (χ1n) is 6.40. The van der Waals surface area contributed by atoms with Crippen molar-refractivity contribution in [3.05, 3.63) is 35.9 Å². The Balaban J connectivity index is 2.13. The molecule has 0 saturated carbocycles. The van der Waals surface area contributed by atoms with Crippen molar-refractivity contribution in [2.75, 3.05) is 0 Å². The van der Waals surface area contributed by atoms with Crippen LogP contribution < -0.4 is 0 Å². The number of hydrogen-bond donors (Lipinski definition) is 1. The molecular formula is C15H24O. The monoisotopic (exact) mass is 220 g/mol. The van der Waals surface area contributed by atoms with Gasteiger partial charge in [-0.1, -0.05) is 57.0 Å². The molecule has 0 aromatic heterocycles. The largest absolute Gasteiger partial charge is 0.393 e. The normalized spacial score (nSPS) is 13.0. The van der Waals surface area contributed by atoms with E-state index in [0.717, 1.165) is 31.6 Å². The summed E-state index contributed by atoms with van der Waals surface area (Å²) >= 11 is 0. The molecule has 1 atom stereocenters. The lowest BCUT2D eigenvalue weighted by Gasteiger charge is -2.11. The van der Waals surface area contributed by atoms with Gasteiger partial charge in [-0.2, -0.15) is 0 Å². The van der Waals surface area contributed by atoms with E-state index in [1.807, 2.05) is 6.07 Å². The summed E-state index contributed by atoms with van der Waals surface area (Å²) in [7, 11) is 0. The van der Waals surface area contributed by atoms with E-state index in [4.69, 9.17) is 0 Å². The van der Waals surface area contributed by atoms with Crippen molar-refractivity contribution in [1.82, 2.24) is 0 Å². The highest BCUT2D eigenvalue weighted by molar-refractivity contribution is 5.14. The summed E-state index contributed by atoms with van der Waals surface area (Å²) in [5.41, 5.74) is 1.32. The standard InChI is InChI=1S/C15H24O/c1-13(2)7-6-10-15(16)12-11-14-8-4-3-5-9-14/h3-5,8-9,13,15-16H,6-7,10-12H2,1-2H3. The van der Waals surface area contributed by atoms with Gasteiger partial charge in [0.25, 0.3) is 0 Å². The molecule has 90 valence electrons. The fourth-order valence-electron chi connectivity index (χ4n) is 1.88. The number of aliphatic hydroxyl groups is 1. The van der Waals surface area contributed by atoms with Gasteiger partial charge in [0.2, 0.25) is 0 Å². The lowest BCUT2D eigenvalue weighted by atomic mass is 10.0. The second-order valence-corrected chi connectivity index (χ2v) is 5.00. The van der Waals surface area contributed by atoms with Crippen molar-refractivity contribution >= 4 is 0 Å². The van der Waals surface area contributed by atoms with Crippen molar-refractivity contribution < 1.29 is 5.11 Å². The van der Waals surface area contributed by atoms with E-state index in [1.54, 1.807) is 0 Å². The molecule has 0 aliphatic heterocycles. The van der Waals surface area contributed by atoms with Crippen LogP contribution in [0.5, 0.6) is 0 Å². The lowest BCUT2D eigenvalue weighted by Crippen LogP contribution is -2.08. The molecule has 0 aliphatic carbocycles. The van der Waals surface area contributed by atoms with E-state index in [2.05, 4.69) is 38.1 Å². The zero-order valence-corrected chi connectivity index (χ0v) is 10.5. The van der Waals surface area contributed by atoms with E-state index in [0.29, 0.717) is 0 Å². The zero-order chi connectivity index (χ0) is 11.8. The second kappa shape index (κ2) is 7.45. The average Bonchev–Trinajstić information content (AvgIpc) is 2.27. The van der Waals surface area contributed by atoms with Gasteiger partial charge in [-0.3, -0.25) is 0 Å². The number of rotatable bonds is 7. The average molecular weight is 220 g/mol. The summed E-state index contributed by atoms with van der Waals surface area (Å²) < 4.78 is 0. The van der Waals surface area contributed by atoms with E-state index in [9.17, 15) is 5.11 Å². The molecule has 0 fully saturated rings. The van der Waals surface area contributed by atoms with Crippen LogP contribution in [0, 0.1) is 5.92 Å². The molecule has 1 N–H and O–H groups in total. The topological polar surface area (TPSA) is 20.2 Å². The third kappa shape index (κ3) is 5.92. The van der Waals surface area contributed by atoms with Crippen LogP contribution in [0.2, 0.25) is 0 Å². The van der Waals surface area contributed by atoms with E-state index in [-0.39, 0.29) is 6.10 Å². The molecule has 0 bridgehead atoms. The molecule has 1 heteroatoms. The number of benzene rings is 1. The molecule has 0 saturated heterocycles. The highest BCUT2D eigenvalue weighted by Gasteiger charge is 2.05. The summed E-state index contributed by atoms with van der Waals surface area (Å²) in [6, 6.07) is 10.4. The first-order chi connectivity index (χ1) is 7.68. The maximum atomic E-state index is 9.82. The number of hydrogen-bond acceptors (Lipinski definition) is 1. The van der Waals surface area contributed by atoms with Crippen molar-refractivity contribution in [2.24, 2.45) is 5.92 Å². The predicted octanol–water partition coefficient (Wildman–Crippen LogP) is 3.81. The Kier molecular flexibility index (Phi) is 6.17. The minimum atomic E-state index is -0.126. The molecule has 1 rings (SSSR count). The molecule has 0 heterocycles. The van der Waals surface area contributed by atoms with Crippen molar-refractivity contribution in [3.8, 4) is 0 Å². The van der Waals surface area contributed by atoms with E-state index < -0.39 is 0 Å². The third-order valence-corrected chi connectivity index (χ3v) is 2.93. The maximum Gasteiger partial charge on any atom is 0.0543 e. The molecular weight excluding hydrogens is 196 g/mol. The zero-order valence-electron chi connectivity index (χ0n) is 10.5. The Morgan fingerprint density at radius 2 is 1.69 bits per heavy atom. The van der Waals surface area contributed by atoms with Gasteiger partial charge in [-0.05, 0) is 30.7 Å². The second-order valence-electron chi connectivity index (χ2n) is 5.00. The van der Waals surface area contributed by atoms with Crippen LogP contribution in [0.15, 0.2) is 30.3 Å². The molecule has 0 amide bonds. The van der Waals surface area contributed by atoms with Gasteiger partial charge in [0.05, 0.1) is 6.10 Å². The lowest BCUT2D eigenvalue weighted by molar-refractivity contribution is 0.150. The van der Waals surface area contributed by atoms with E-state index >= 15 is 0 Å². The minimum absolute atomic E-state index is 0.126. The van der Waals surface area contributed by atoms with Crippen LogP contribution in [0.4, 0.5) is 0 Å². The van der Waals surface area contributed by atoms with Gasteiger partial charge >= 0.3 is 0 Å². The molecule has 0 spiro atoms. The summed E-state index contributed by atoms with van der Waals surface area (Å²) in [6.07, 6.45) is 5.08. The fraction of sp³-hybridized carbons (Fsp3) is 0.600. The Morgan fingerprint density at radius 3 is 2.31 bits per heavy atom. The van der Waals surface area contributed by atoms with Crippen LogP contribution in [0.25, 0.3) is 0 Å². The molecule has 1 nitrogen and oxygen atoms in total. The first kappa shape index (κ1) is 13.2. The summed E-state index contributed by atoms with van der Waals surface area (Å²) in [5, 5.41) is 9.82. The Labute approximate surface area is 99.5 Å².